The van der Waals surface area contributed by atoms with Gasteiger partial charge in [-0.2, -0.15) is 0 Å². The standard InChI is InChI=1S/C22H28N2O3/c1-4-18(25)15-24-22(20-11-7-8-14-23-20)19-10-6-5-9-17(19)12-13-21(26)16(2)27-3/h5-11,14,16,21,26H,4,12-13,15H2,1-3H3/t16-,21?/m1/s1. The first-order valence-corrected chi connectivity index (χ1v) is 9.33. The second-order valence-electron chi connectivity index (χ2n) is 6.48. The van der Waals surface area contributed by atoms with Crippen LogP contribution in [0.3, 0.4) is 0 Å². The Labute approximate surface area is 161 Å². The van der Waals surface area contributed by atoms with Gasteiger partial charge in [0, 0.05) is 25.3 Å². The molecule has 0 spiro atoms. The number of aliphatic hydroxyl groups is 1. The van der Waals surface area contributed by atoms with Crippen molar-refractivity contribution in [1.29, 1.82) is 0 Å². The van der Waals surface area contributed by atoms with Crippen LogP contribution in [0.5, 0.6) is 0 Å². The molecule has 2 aromatic rings. The lowest BCUT2D eigenvalue weighted by atomic mass is 9.95. The molecule has 0 aliphatic carbocycles. The number of aliphatic imine (C=N–C) groups is 1. The molecule has 0 bridgehead atoms. The maximum atomic E-state index is 11.8. The topological polar surface area (TPSA) is 71.8 Å². The molecule has 1 aromatic heterocycles. The van der Waals surface area contributed by atoms with Crippen LogP contribution in [0.25, 0.3) is 0 Å². The minimum atomic E-state index is -0.542. The first-order chi connectivity index (χ1) is 13.1. The molecule has 2 rings (SSSR count). The highest BCUT2D eigenvalue weighted by atomic mass is 16.5. The van der Waals surface area contributed by atoms with E-state index < -0.39 is 6.10 Å². The number of ketones is 1. The normalized spacial score (nSPS) is 14.0. The fourth-order valence-electron chi connectivity index (χ4n) is 2.75. The number of pyridine rings is 1. The van der Waals surface area contributed by atoms with E-state index in [0.717, 1.165) is 16.8 Å². The van der Waals surface area contributed by atoms with Gasteiger partial charge in [-0.1, -0.05) is 37.3 Å². The van der Waals surface area contributed by atoms with Crippen LogP contribution in [-0.4, -0.2) is 47.4 Å². The Morgan fingerprint density at radius 1 is 1.22 bits per heavy atom. The maximum Gasteiger partial charge on any atom is 0.153 e. The first-order valence-electron chi connectivity index (χ1n) is 9.33. The van der Waals surface area contributed by atoms with Gasteiger partial charge < -0.3 is 9.84 Å². The van der Waals surface area contributed by atoms with Gasteiger partial charge in [0.15, 0.2) is 5.78 Å². The molecule has 0 fully saturated rings. The number of rotatable bonds is 10. The quantitative estimate of drug-likeness (QED) is 0.654. The summed E-state index contributed by atoms with van der Waals surface area (Å²) < 4.78 is 5.20. The lowest BCUT2D eigenvalue weighted by Gasteiger charge is -2.18. The predicted octanol–water partition coefficient (Wildman–Crippen LogP) is 3.23. The van der Waals surface area contributed by atoms with Crippen molar-refractivity contribution in [2.45, 2.75) is 45.3 Å². The van der Waals surface area contributed by atoms with E-state index in [4.69, 9.17) is 4.74 Å². The molecule has 0 amide bonds. The van der Waals surface area contributed by atoms with Crippen LogP contribution in [0.15, 0.2) is 53.7 Å². The lowest BCUT2D eigenvalue weighted by Crippen LogP contribution is -2.25. The number of Topliss-reactive ketones (excluding diaryl/α,β-unsaturated/α-hetero) is 1. The van der Waals surface area contributed by atoms with Crippen LogP contribution in [0.2, 0.25) is 0 Å². The number of hydrogen-bond acceptors (Lipinski definition) is 5. The largest absolute Gasteiger partial charge is 0.390 e. The van der Waals surface area contributed by atoms with Crippen LogP contribution in [0.4, 0.5) is 0 Å². The van der Waals surface area contributed by atoms with Gasteiger partial charge in [-0.15, -0.1) is 0 Å². The van der Waals surface area contributed by atoms with Crippen LogP contribution < -0.4 is 0 Å². The second kappa shape index (κ2) is 10.7. The number of hydrogen-bond donors (Lipinski definition) is 1. The Morgan fingerprint density at radius 3 is 2.63 bits per heavy atom. The molecule has 0 aliphatic heterocycles. The Kier molecular flexibility index (Phi) is 8.30. The van der Waals surface area contributed by atoms with Gasteiger partial charge >= 0.3 is 0 Å². The Balaban J connectivity index is 2.34. The van der Waals surface area contributed by atoms with Crippen molar-refractivity contribution in [3.8, 4) is 0 Å². The summed E-state index contributed by atoms with van der Waals surface area (Å²) in [7, 11) is 1.60. The van der Waals surface area contributed by atoms with E-state index in [1.54, 1.807) is 13.3 Å². The molecule has 1 heterocycles. The number of carbonyl (C=O) groups is 1. The zero-order chi connectivity index (χ0) is 19.6. The fourth-order valence-corrected chi connectivity index (χ4v) is 2.75. The van der Waals surface area contributed by atoms with Gasteiger partial charge in [-0.05, 0) is 37.5 Å². The Morgan fingerprint density at radius 2 is 1.96 bits per heavy atom. The molecule has 1 unspecified atom stereocenters. The van der Waals surface area contributed by atoms with Crippen molar-refractivity contribution in [3.05, 3.63) is 65.5 Å². The summed E-state index contributed by atoms with van der Waals surface area (Å²) >= 11 is 0. The summed E-state index contributed by atoms with van der Waals surface area (Å²) in [6, 6.07) is 13.6. The van der Waals surface area contributed by atoms with Crippen LogP contribution in [0.1, 0.15) is 43.5 Å². The smallest absolute Gasteiger partial charge is 0.153 e. The van der Waals surface area contributed by atoms with Crippen molar-refractivity contribution < 1.29 is 14.6 Å². The average molecular weight is 368 g/mol. The van der Waals surface area contributed by atoms with E-state index in [-0.39, 0.29) is 18.4 Å². The fraction of sp³-hybridized carbons (Fsp3) is 0.409. The van der Waals surface area contributed by atoms with Gasteiger partial charge in [0.2, 0.25) is 0 Å². The summed E-state index contributed by atoms with van der Waals surface area (Å²) in [5.74, 6) is 0.0882. The molecule has 5 heteroatoms. The van der Waals surface area contributed by atoms with E-state index in [2.05, 4.69) is 9.98 Å². The van der Waals surface area contributed by atoms with Gasteiger partial charge in [-0.3, -0.25) is 14.8 Å². The third-order valence-corrected chi connectivity index (χ3v) is 4.61. The molecule has 0 saturated carbocycles. The number of carbonyl (C=O) groups excluding carboxylic acids is 1. The molecule has 27 heavy (non-hydrogen) atoms. The number of aromatic nitrogens is 1. The molecule has 1 N–H and O–H groups in total. The zero-order valence-corrected chi connectivity index (χ0v) is 16.3. The van der Waals surface area contributed by atoms with E-state index in [1.165, 1.54) is 0 Å². The summed E-state index contributed by atoms with van der Waals surface area (Å²) in [5.41, 5.74) is 3.45. The van der Waals surface area contributed by atoms with Crippen molar-refractivity contribution in [3.63, 3.8) is 0 Å². The number of benzene rings is 1. The number of aryl methyl sites for hydroxylation is 1. The SMILES string of the molecule is CCC(=O)CN=C(c1ccccn1)c1ccccc1CCC(O)[C@@H](C)OC. The zero-order valence-electron chi connectivity index (χ0n) is 16.3. The highest BCUT2D eigenvalue weighted by Crippen LogP contribution is 2.18. The number of ether oxygens (including phenoxy) is 1. The van der Waals surface area contributed by atoms with Gasteiger partial charge in [0.1, 0.15) is 0 Å². The van der Waals surface area contributed by atoms with E-state index in [1.807, 2.05) is 56.3 Å². The average Bonchev–Trinajstić information content (AvgIpc) is 2.72. The third kappa shape index (κ3) is 6.08. The third-order valence-electron chi connectivity index (χ3n) is 4.61. The maximum absolute atomic E-state index is 11.8. The highest BCUT2D eigenvalue weighted by molar-refractivity contribution is 6.13. The molecule has 0 radical (unpaired) electrons. The number of methoxy groups -OCH3 is 1. The minimum absolute atomic E-state index is 0.0882. The number of aliphatic hydroxyl groups excluding tert-OH is 1. The van der Waals surface area contributed by atoms with Crippen molar-refractivity contribution in [1.82, 2.24) is 4.98 Å². The number of nitrogens with zero attached hydrogens (tertiary/aromatic N) is 2. The Hall–Kier alpha value is -2.37. The first kappa shape index (κ1) is 20.9. The molecule has 0 saturated heterocycles. The van der Waals surface area contributed by atoms with Crippen molar-refractivity contribution >= 4 is 11.5 Å². The molecule has 144 valence electrons. The van der Waals surface area contributed by atoms with Gasteiger partial charge in [0.05, 0.1) is 30.2 Å². The minimum Gasteiger partial charge on any atom is -0.390 e. The van der Waals surface area contributed by atoms with Crippen LogP contribution in [-0.2, 0) is 16.0 Å². The summed E-state index contributed by atoms with van der Waals surface area (Å²) in [5, 5.41) is 10.2. The molecular formula is C22H28N2O3. The molecular weight excluding hydrogens is 340 g/mol. The molecule has 5 nitrogen and oxygen atoms in total. The lowest BCUT2D eigenvalue weighted by molar-refractivity contribution is -0.117. The van der Waals surface area contributed by atoms with Crippen LogP contribution in [0, 0.1) is 0 Å². The van der Waals surface area contributed by atoms with E-state index in [9.17, 15) is 9.90 Å². The summed E-state index contributed by atoms with van der Waals surface area (Å²) in [4.78, 5) is 20.8. The monoisotopic (exact) mass is 368 g/mol. The van der Waals surface area contributed by atoms with Gasteiger partial charge in [0.25, 0.3) is 0 Å². The van der Waals surface area contributed by atoms with Crippen molar-refractivity contribution in [2.75, 3.05) is 13.7 Å². The van der Waals surface area contributed by atoms with E-state index >= 15 is 0 Å². The summed E-state index contributed by atoms with van der Waals surface area (Å²) in [6.45, 7) is 3.83. The highest BCUT2D eigenvalue weighted by Gasteiger charge is 2.17. The van der Waals surface area contributed by atoms with E-state index in [0.29, 0.717) is 25.0 Å². The van der Waals surface area contributed by atoms with Gasteiger partial charge in [-0.25, -0.2) is 0 Å². The summed E-state index contributed by atoms with van der Waals surface area (Å²) in [6.07, 6.45) is 2.68. The Bertz CT molecular complexity index is 759. The predicted molar refractivity (Wildman–Crippen MR) is 107 cm³/mol. The van der Waals surface area contributed by atoms with Crippen LogP contribution >= 0.6 is 0 Å². The molecule has 0 aliphatic rings. The molecule has 1 aromatic carbocycles. The van der Waals surface area contributed by atoms with Crippen molar-refractivity contribution in [2.24, 2.45) is 4.99 Å². The molecule has 2 atom stereocenters. The second-order valence-corrected chi connectivity index (χ2v) is 6.48.